The fourth-order valence-corrected chi connectivity index (χ4v) is 10.1. The van der Waals surface area contributed by atoms with Gasteiger partial charge in [-0.3, -0.25) is 4.79 Å². The maximum atomic E-state index is 14.9. The first-order chi connectivity index (χ1) is 16.6. The summed E-state index contributed by atoms with van der Waals surface area (Å²) in [5.74, 6) is 0.111. The van der Waals surface area contributed by atoms with Gasteiger partial charge in [0.1, 0.15) is 11.6 Å². The molecule has 0 aliphatic heterocycles. The fourth-order valence-electron chi connectivity index (χ4n) is 10.1. The van der Waals surface area contributed by atoms with Crippen LogP contribution in [-0.4, -0.2) is 11.1 Å². The van der Waals surface area contributed by atoms with Crippen molar-refractivity contribution >= 4 is 5.97 Å². The van der Waals surface area contributed by atoms with E-state index in [4.69, 9.17) is 0 Å². The summed E-state index contributed by atoms with van der Waals surface area (Å²) in [6.45, 7) is 8.79. The van der Waals surface area contributed by atoms with Crippen LogP contribution in [0, 0.1) is 64.9 Å². The Morgan fingerprint density at radius 3 is 2.49 bits per heavy atom. The number of aliphatic carboxylic acids is 1. The van der Waals surface area contributed by atoms with Crippen molar-refractivity contribution in [1.29, 1.82) is 0 Å². The van der Waals surface area contributed by atoms with Crippen LogP contribution in [0.2, 0.25) is 0 Å². The zero-order valence-electron chi connectivity index (χ0n) is 22.1. The average Bonchev–Trinajstić information content (AvgIpc) is 3.17. The molecule has 4 aliphatic rings. The second kappa shape index (κ2) is 9.14. The predicted molar refractivity (Wildman–Crippen MR) is 135 cm³/mol. The van der Waals surface area contributed by atoms with Crippen molar-refractivity contribution in [2.45, 2.75) is 104 Å². The molecule has 0 amide bonds. The SMILES string of the molecule is Cc1ccc(F)c(C(C[C@@H](C)[C@H]2CC[C@H]3[C@@H]4CCC5CCCC[C@]5(C)[C@H]4CC[C@]23C)C(=O)O)c1F. The van der Waals surface area contributed by atoms with Crippen molar-refractivity contribution in [2.75, 3.05) is 0 Å². The van der Waals surface area contributed by atoms with Gasteiger partial charge in [-0.15, -0.1) is 0 Å². The topological polar surface area (TPSA) is 37.3 Å². The normalized spacial score (nSPS) is 40.3. The Bertz CT molecular complexity index is 975. The Morgan fingerprint density at radius 2 is 1.74 bits per heavy atom. The van der Waals surface area contributed by atoms with Gasteiger partial charge in [0.15, 0.2) is 0 Å². The number of hydrogen-bond acceptors (Lipinski definition) is 1. The summed E-state index contributed by atoms with van der Waals surface area (Å²) in [4.78, 5) is 12.3. The van der Waals surface area contributed by atoms with Crippen LogP contribution in [0.5, 0.6) is 0 Å². The van der Waals surface area contributed by atoms with Crippen LogP contribution >= 0.6 is 0 Å². The number of aryl methyl sites for hydroxylation is 1. The van der Waals surface area contributed by atoms with Gasteiger partial charge in [-0.2, -0.15) is 0 Å². The van der Waals surface area contributed by atoms with Crippen molar-refractivity contribution < 1.29 is 18.7 Å². The summed E-state index contributed by atoms with van der Waals surface area (Å²) in [5, 5.41) is 10.0. The molecule has 35 heavy (non-hydrogen) atoms. The zero-order valence-corrected chi connectivity index (χ0v) is 22.1. The number of carboxylic acid groups (broad SMARTS) is 1. The van der Waals surface area contributed by atoms with E-state index in [1.807, 2.05) is 0 Å². The highest BCUT2D eigenvalue weighted by atomic mass is 19.1. The molecule has 1 aromatic rings. The van der Waals surface area contributed by atoms with Gasteiger partial charge in [0, 0.05) is 5.56 Å². The fraction of sp³-hybridized carbons (Fsp3) is 0.774. The lowest BCUT2D eigenvalue weighted by Crippen LogP contribution is -2.53. The minimum atomic E-state index is -1.14. The molecule has 4 aliphatic carbocycles. The molecule has 194 valence electrons. The molecule has 4 saturated carbocycles. The molecular formula is C31H44F2O2. The molecule has 0 spiro atoms. The van der Waals surface area contributed by atoms with Crippen LogP contribution in [0.15, 0.2) is 12.1 Å². The summed E-state index contributed by atoms with van der Waals surface area (Å²) < 4.78 is 29.6. The van der Waals surface area contributed by atoms with Crippen molar-refractivity contribution in [3.63, 3.8) is 0 Å². The van der Waals surface area contributed by atoms with Crippen molar-refractivity contribution in [2.24, 2.45) is 46.3 Å². The molecule has 4 fully saturated rings. The molecule has 9 atom stereocenters. The van der Waals surface area contributed by atoms with Gasteiger partial charge in [-0.05, 0) is 123 Å². The number of halogens is 2. The smallest absolute Gasteiger partial charge is 0.311 e. The highest BCUT2D eigenvalue weighted by molar-refractivity contribution is 5.76. The molecule has 2 unspecified atom stereocenters. The maximum absolute atomic E-state index is 14.9. The lowest BCUT2D eigenvalue weighted by atomic mass is 9.44. The second-order valence-electron chi connectivity index (χ2n) is 13.3. The van der Waals surface area contributed by atoms with E-state index >= 15 is 0 Å². The summed E-state index contributed by atoms with van der Waals surface area (Å²) in [5.41, 5.74) is 0.779. The summed E-state index contributed by atoms with van der Waals surface area (Å²) in [6.07, 6.45) is 13.5. The molecule has 1 N–H and O–H groups in total. The van der Waals surface area contributed by atoms with Gasteiger partial charge in [-0.25, -0.2) is 8.78 Å². The van der Waals surface area contributed by atoms with E-state index in [-0.39, 0.29) is 16.9 Å². The predicted octanol–water partition coefficient (Wildman–Crippen LogP) is 8.52. The number of hydrogen-bond donors (Lipinski definition) is 1. The first-order valence-electron chi connectivity index (χ1n) is 14.2. The number of carboxylic acids is 1. The minimum absolute atomic E-state index is 0.114. The molecule has 0 aromatic heterocycles. The Hall–Kier alpha value is -1.45. The Labute approximate surface area is 210 Å². The largest absolute Gasteiger partial charge is 0.481 e. The highest BCUT2D eigenvalue weighted by Crippen LogP contribution is 2.68. The highest BCUT2D eigenvalue weighted by Gasteiger charge is 2.60. The zero-order chi connectivity index (χ0) is 25.1. The molecule has 0 radical (unpaired) electrons. The van der Waals surface area contributed by atoms with E-state index in [2.05, 4.69) is 20.8 Å². The van der Waals surface area contributed by atoms with Crippen molar-refractivity contribution in [1.82, 2.24) is 0 Å². The van der Waals surface area contributed by atoms with Gasteiger partial charge < -0.3 is 5.11 Å². The van der Waals surface area contributed by atoms with E-state index < -0.39 is 23.5 Å². The first kappa shape index (κ1) is 25.2. The quantitative estimate of drug-likeness (QED) is 0.453. The van der Waals surface area contributed by atoms with Crippen molar-refractivity contribution in [3.05, 3.63) is 34.9 Å². The van der Waals surface area contributed by atoms with Crippen LogP contribution in [-0.2, 0) is 4.79 Å². The lowest BCUT2D eigenvalue weighted by molar-refractivity contribution is -0.140. The van der Waals surface area contributed by atoms with Gasteiger partial charge in [-0.1, -0.05) is 39.7 Å². The number of benzene rings is 1. The third-order valence-corrected chi connectivity index (χ3v) is 11.9. The monoisotopic (exact) mass is 486 g/mol. The van der Waals surface area contributed by atoms with E-state index in [0.717, 1.165) is 24.2 Å². The number of carbonyl (C=O) groups is 1. The Balaban J connectivity index is 1.37. The average molecular weight is 487 g/mol. The Kier molecular flexibility index (Phi) is 6.58. The van der Waals surface area contributed by atoms with Crippen LogP contribution < -0.4 is 0 Å². The standard InChI is InChI=1S/C31H44F2O2/c1-18-8-13-26(32)27(28(18)33)22(29(34)35)17-19(2)23-11-12-24-21-10-9-20-7-5-6-15-30(20,3)25(21)14-16-31(23,24)4/h8,13,19-25H,5-7,9-12,14-17H2,1-4H3,(H,34,35)/t19-,20?,21+,22?,23-,24+,25+,30+,31-/m1/s1. The number of rotatable bonds is 5. The molecule has 1 aromatic carbocycles. The van der Waals surface area contributed by atoms with Crippen molar-refractivity contribution in [3.8, 4) is 0 Å². The van der Waals surface area contributed by atoms with E-state index in [0.29, 0.717) is 29.2 Å². The van der Waals surface area contributed by atoms with Gasteiger partial charge in [0.05, 0.1) is 5.92 Å². The van der Waals surface area contributed by atoms with Gasteiger partial charge >= 0.3 is 5.97 Å². The first-order valence-corrected chi connectivity index (χ1v) is 14.2. The lowest BCUT2D eigenvalue weighted by Gasteiger charge is -2.61. The molecule has 0 saturated heterocycles. The third-order valence-electron chi connectivity index (χ3n) is 11.9. The third kappa shape index (κ3) is 3.96. The van der Waals surface area contributed by atoms with Crippen LogP contribution in [0.25, 0.3) is 0 Å². The molecule has 4 heteroatoms. The van der Waals surface area contributed by atoms with Crippen LogP contribution in [0.3, 0.4) is 0 Å². The van der Waals surface area contributed by atoms with E-state index in [9.17, 15) is 18.7 Å². The van der Waals surface area contributed by atoms with Gasteiger partial charge in [0.25, 0.3) is 0 Å². The summed E-state index contributed by atoms with van der Waals surface area (Å²) >= 11 is 0. The van der Waals surface area contributed by atoms with Crippen LogP contribution in [0.1, 0.15) is 108 Å². The number of fused-ring (bicyclic) bond motifs is 5. The van der Waals surface area contributed by atoms with E-state index in [1.165, 1.54) is 69.9 Å². The van der Waals surface area contributed by atoms with Gasteiger partial charge in [0.2, 0.25) is 0 Å². The summed E-state index contributed by atoms with van der Waals surface area (Å²) in [6, 6.07) is 2.60. The minimum Gasteiger partial charge on any atom is -0.481 e. The molecule has 5 rings (SSSR count). The molecule has 2 nitrogen and oxygen atoms in total. The summed E-state index contributed by atoms with van der Waals surface area (Å²) in [7, 11) is 0. The molecule has 0 heterocycles. The van der Waals surface area contributed by atoms with E-state index in [1.54, 1.807) is 6.92 Å². The molecule has 0 bridgehead atoms. The second-order valence-corrected chi connectivity index (χ2v) is 13.3. The van der Waals surface area contributed by atoms with Crippen LogP contribution in [0.4, 0.5) is 8.78 Å². The maximum Gasteiger partial charge on any atom is 0.311 e. The Morgan fingerprint density at radius 1 is 1.00 bits per heavy atom. The molecular weight excluding hydrogens is 442 g/mol.